The number of carbonyl (C=O) groups is 3. The van der Waals surface area contributed by atoms with Crippen LogP contribution in [0.5, 0.6) is 0 Å². The predicted octanol–water partition coefficient (Wildman–Crippen LogP) is 16.9. The van der Waals surface area contributed by atoms with Gasteiger partial charge in [-0.15, -0.1) is 0 Å². The summed E-state index contributed by atoms with van der Waals surface area (Å²) in [5.74, 6) is -0.938. The first-order chi connectivity index (χ1) is 29.5. The SMILES string of the molecule is CCCCCC/C=C\CCCC(=O)OCC(COC(=O)CCCCCCCCC/C=C\CCCCCCCCCC)OC(=O)CCCCC/C=C\CCCCCCCCC. The van der Waals surface area contributed by atoms with Crippen LogP contribution >= 0.6 is 0 Å². The average molecular weight is 843 g/mol. The minimum atomic E-state index is -0.789. The molecule has 0 aliphatic rings. The lowest BCUT2D eigenvalue weighted by atomic mass is 10.1. The largest absolute Gasteiger partial charge is 0.462 e. The van der Waals surface area contributed by atoms with E-state index in [1.165, 1.54) is 161 Å². The van der Waals surface area contributed by atoms with Gasteiger partial charge in [-0.05, 0) is 89.9 Å². The molecule has 350 valence electrons. The number of ether oxygens (including phenoxy) is 3. The van der Waals surface area contributed by atoms with E-state index in [0.29, 0.717) is 19.3 Å². The maximum absolute atomic E-state index is 12.7. The van der Waals surface area contributed by atoms with Crippen LogP contribution in [0.15, 0.2) is 36.5 Å². The lowest BCUT2D eigenvalue weighted by Gasteiger charge is -2.18. The summed E-state index contributed by atoms with van der Waals surface area (Å²) < 4.78 is 16.7. The molecule has 0 radical (unpaired) electrons. The number of allylic oxidation sites excluding steroid dienone is 6. The Hall–Kier alpha value is -2.37. The molecule has 6 heteroatoms. The zero-order chi connectivity index (χ0) is 43.7. The number of esters is 3. The van der Waals surface area contributed by atoms with E-state index in [-0.39, 0.29) is 31.1 Å². The molecule has 0 aliphatic heterocycles. The topological polar surface area (TPSA) is 78.9 Å². The highest BCUT2D eigenvalue weighted by Gasteiger charge is 2.19. The van der Waals surface area contributed by atoms with Crippen molar-refractivity contribution in [3.8, 4) is 0 Å². The summed E-state index contributed by atoms with van der Waals surface area (Å²) in [5, 5.41) is 0. The van der Waals surface area contributed by atoms with Crippen LogP contribution in [0, 0.1) is 0 Å². The predicted molar refractivity (Wildman–Crippen MR) is 256 cm³/mol. The fourth-order valence-electron chi connectivity index (χ4n) is 7.38. The van der Waals surface area contributed by atoms with Crippen molar-refractivity contribution >= 4 is 17.9 Å². The average Bonchev–Trinajstić information content (AvgIpc) is 3.24. The molecular formula is C54H98O6. The highest BCUT2D eigenvalue weighted by molar-refractivity contribution is 5.71. The van der Waals surface area contributed by atoms with Gasteiger partial charge >= 0.3 is 17.9 Å². The molecule has 0 fully saturated rings. The van der Waals surface area contributed by atoms with Gasteiger partial charge in [0.05, 0.1) is 0 Å². The van der Waals surface area contributed by atoms with Crippen LogP contribution in [-0.4, -0.2) is 37.2 Å². The molecule has 0 saturated heterocycles. The van der Waals surface area contributed by atoms with E-state index >= 15 is 0 Å². The van der Waals surface area contributed by atoms with Gasteiger partial charge in [-0.2, -0.15) is 0 Å². The van der Waals surface area contributed by atoms with Crippen LogP contribution < -0.4 is 0 Å². The molecule has 0 aromatic carbocycles. The summed E-state index contributed by atoms with van der Waals surface area (Å²) in [6.07, 6.45) is 57.2. The Morgan fingerprint density at radius 1 is 0.317 bits per heavy atom. The molecular weight excluding hydrogens is 745 g/mol. The van der Waals surface area contributed by atoms with E-state index in [1.54, 1.807) is 0 Å². The number of hydrogen-bond acceptors (Lipinski definition) is 6. The molecule has 0 saturated carbocycles. The summed E-state index contributed by atoms with van der Waals surface area (Å²) in [5.41, 5.74) is 0. The van der Waals surface area contributed by atoms with Gasteiger partial charge in [-0.25, -0.2) is 0 Å². The van der Waals surface area contributed by atoms with Gasteiger partial charge in [0.15, 0.2) is 6.10 Å². The van der Waals surface area contributed by atoms with Crippen molar-refractivity contribution in [1.29, 1.82) is 0 Å². The van der Waals surface area contributed by atoms with Crippen molar-refractivity contribution in [1.82, 2.24) is 0 Å². The molecule has 0 spiro atoms. The van der Waals surface area contributed by atoms with E-state index < -0.39 is 6.10 Å². The van der Waals surface area contributed by atoms with Crippen molar-refractivity contribution in [2.75, 3.05) is 13.2 Å². The van der Waals surface area contributed by atoms with Gasteiger partial charge in [-0.1, -0.05) is 198 Å². The zero-order valence-electron chi connectivity index (χ0n) is 40.0. The number of hydrogen-bond donors (Lipinski definition) is 0. The van der Waals surface area contributed by atoms with Crippen LogP contribution in [0.4, 0.5) is 0 Å². The fraction of sp³-hybridized carbons (Fsp3) is 0.833. The molecule has 0 aromatic heterocycles. The molecule has 0 bridgehead atoms. The Morgan fingerprint density at radius 2 is 0.567 bits per heavy atom. The molecule has 1 unspecified atom stereocenters. The van der Waals surface area contributed by atoms with Gasteiger partial charge in [0.1, 0.15) is 13.2 Å². The van der Waals surface area contributed by atoms with Crippen LogP contribution in [0.3, 0.4) is 0 Å². The number of unbranched alkanes of at least 4 members (excludes halogenated alkanes) is 30. The third kappa shape index (κ3) is 46.7. The quantitative estimate of drug-likeness (QED) is 0.0263. The number of carbonyl (C=O) groups excluding carboxylic acids is 3. The summed E-state index contributed by atoms with van der Waals surface area (Å²) in [7, 11) is 0. The lowest BCUT2D eigenvalue weighted by Crippen LogP contribution is -2.30. The minimum Gasteiger partial charge on any atom is -0.462 e. The third-order valence-electron chi connectivity index (χ3n) is 11.3. The highest BCUT2D eigenvalue weighted by Crippen LogP contribution is 2.14. The van der Waals surface area contributed by atoms with Gasteiger partial charge in [-0.3, -0.25) is 14.4 Å². The lowest BCUT2D eigenvalue weighted by molar-refractivity contribution is -0.167. The Labute approximate surface area is 372 Å². The van der Waals surface area contributed by atoms with Crippen LogP contribution in [-0.2, 0) is 28.6 Å². The number of rotatable bonds is 47. The second-order valence-electron chi connectivity index (χ2n) is 17.4. The molecule has 0 N–H and O–H groups in total. The van der Waals surface area contributed by atoms with E-state index in [9.17, 15) is 14.4 Å². The standard InChI is InChI=1S/C54H98O6/c1-4-7-10-13-16-19-21-23-25-26-27-28-29-31-32-35-38-41-44-47-53(56)59-50-51(49-58-52(55)46-43-40-37-34-18-15-12-9-6-3)60-54(57)48-45-42-39-36-33-30-24-22-20-17-14-11-8-5-2/h26-27,30,33-34,37,51H,4-25,28-29,31-32,35-36,38-50H2,1-3H3/b27-26-,33-30-,37-34-. The second-order valence-corrected chi connectivity index (χ2v) is 17.4. The molecule has 0 rings (SSSR count). The maximum atomic E-state index is 12.7. The zero-order valence-corrected chi connectivity index (χ0v) is 40.0. The monoisotopic (exact) mass is 843 g/mol. The van der Waals surface area contributed by atoms with Crippen LogP contribution in [0.1, 0.15) is 271 Å². The summed E-state index contributed by atoms with van der Waals surface area (Å²) in [6, 6.07) is 0. The highest BCUT2D eigenvalue weighted by atomic mass is 16.6. The van der Waals surface area contributed by atoms with Crippen molar-refractivity contribution in [3.63, 3.8) is 0 Å². The summed E-state index contributed by atoms with van der Waals surface area (Å²) in [4.78, 5) is 37.8. The molecule has 6 nitrogen and oxygen atoms in total. The molecule has 0 amide bonds. The van der Waals surface area contributed by atoms with Gasteiger partial charge in [0, 0.05) is 19.3 Å². The van der Waals surface area contributed by atoms with E-state index in [4.69, 9.17) is 14.2 Å². The summed E-state index contributed by atoms with van der Waals surface area (Å²) in [6.45, 7) is 6.57. The minimum absolute atomic E-state index is 0.0876. The van der Waals surface area contributed by atoms with Crippen molar-refractivity contribution in [2.45, 2.75) is 277 Å². The first-order valence-corrected chi connectivity index (χ1v) is 26.0. The molecule has 0 aromatic rings. The van der Waals surface area contributed by atoms with Crippen molar-refractivity contribution < 1.29 is 28.6 Å². The Balaban J connectivity index is 4.31. The Morgan fingerprint density at radius 3 is 0.933 bits per heavy atom. The molecule has 0 aliphatic carbocycles. The first kappa shape index (κ1) is 57.6. The van der Waals surface area contributed by atoms with Gasteiger partial charge in [0.25, 0.3) is 0 Å². The smallest absolute Gasteiger partial charge is 0.306 e. The molecule has 0 heterocycles. The Kier molecular flexibility index (Phi) is 47.3. The Bertz CT molecular complexity index is 1020. The van der Waals surface area contributed by atoms with Crippen LogP contribution in [0.25, 0.3) is 0 Å². The van der Waals surface area contributed by atoms with E-state index in [2.05, 4.69) is 57.2 Å². The van der Waals surface area contributed by atoms with Crippen molar-refractivity contribution in [3.05, 3.63) is 36.5 Å². The van der Waals surface area contributed by atoms with Gasteiger partial charge < -0.3 is 14.2 Å². The first-order valence-electron chi connectivity index (χ1n) is 26.0. The normalized spacial score (nSPS) is 12.2. The van der Waals surface area contributed by atoms with Crippen molar-refractivity contribution in [2.24, 2.45) is 0 Å². The second kappa shape index (κ2) is 49.3. The van der Waals surface area contributed by atoms with Crippen LogP contribution in [0.2, 0.25) is 0 Å². The van der Waals surface area contributed by atoms with E-state index in [0.717, 1.165) is 70.6 Å². The molecule has 1 atom stereocenters. The maximum Gasteiger partial charge on any atom is 0.306 e. The van der Waals surface area contributed by atoms with Gasteiger partial charge in [0.2, 0.25) is 0 Å². The molecule has 60 heavy (non-hydrogen) atoms. The summed E-state index contributed by atoms with van der Waals surface area (Å²) >= 11 is 0. The third-order valence-corrected chi connectivity index (χ3v) is 11.3. The van der Waals surface area contributed by atoms with E-state index in [1.807, 2.05) is 0 Å². The fourth-order valence-corrected chi connectivity index (χ4v) is 7.38.